The first-order valence-corrected chi connectivity index (χ1v) is 7.41. The van der Waals surface area contributed by atoms with Crippen LogP contribution in [0.25, 0.3) is 0 Å². The molecule has 3 nitrogen and oxygen atoms in total. The number of carbonyl (C=O) groups is 1. The number of hydrogen-bond donors (Lipinski definition) is 2. The molecule has 0 fully saturated rings. The number of anilines is 1. The van der Waals surface area contributed by atoms with Gasteiger partial charge in [0.25, 0.3) is 0 Å². The standard InChI is InChI=1S/C18H20N2O.ClH/c19-16-8-5-13(6-9-16)11-18(21)20-17-10-7-14-3-1-2-4-15(14)12-17;/h1-6,8-9,17H,7,10-12,19H2,(H,20,21);1H. The van der Waals surface area contributed by atoms with Gasteiger partial charge in [0.05, 0.1) is 6.42 Å². The molecule has 1 atom stereocenters. The molecule has 0 aliphatic heterocycles. The minimum absolute atomic E-state index is 0. The van der Waals surface area contributed by atoms with Crippen LogP contribution in [-0.2, 0) is 24.1 Å². The molecule has 0 aromatic heterocycles. The number of aryl methyl sites for hydroxylation is 1. The third kappa shape index (κ3) is 4.01. The molecule has 1 amide bonds. The average Bonchev–Trinajstić information content (AvgIpc) is 2.49. The highest BCUT2D eigenvalue weighted by Crippen LogP contribution is 2.21. The summed E-state index contributed by atoms with van der Waals surface area (Å²) in [5.41, 5.74) is 10.2. The summed E-state index contributed by atoms with van der Waals surface area (Å²) in [5.74, 6) is 0.0872. The molecule has 0 spiro atoms. The predicted octanol–water partition coefficient (Wildman–Crippen LogP) is 2.91. The number of amides is 1. The number of rotatable bonds is 3. The molecule has 1 unspecified atom stereocenters. The lowest BCUT2D eigenvalue weighted by Gasteiger charge is -2.25. The number of hydrogen-bond acceptors (Lipinski definition) is 2. The number of nitrogens with one attached hydrogen (secondary N) is 1. The van der Waals surface area contributed by atoms with Crippen molar-refractivity contribution in [1.82, 2.24) is 5.32 Å². The Morgan fingerprint density at radius 1 is 1.09 bits per heavy atom. The van der Waals surface area contributed by atoms with Gasteiger partial charge in [-0.2, -0.15) is 0 Å². The summed E-state index contributed by atoms with van der Waals surface area (Å²) in [4.78, 5) is 12.1. The van der Waals surface area contributed by atoms with Crippen LogP contribution in [0.3, 0.4) is 0 Å². The van der Waals surface area contributed by atoms with Crippen LogP contribution < -0.4 is 11.1 Å². The van der Waals surface area contributed by atoms with Gasteiger partial charge in [-0.05, 0) is 48.1 Å². The van der Waals surface area contributed by atoms with Crippen molar-refractivity contribution in [3.8, 4) is 0 Å². The Hall–Kier alpha value is -2.00. The maximum Gasteiger partial charge on any atom is 0.224 e. The number of benzene rings is 2. The Morgan fingerprint density at radius 2 is 1.77 bits per heavy atom. The molecule has 1 aliphatic carbocycles. The van der Waals surface area contributed by atoms with Crippen molar-refractivity contribution in [2.24, 2.45) is 0 Å². The van der Waals surface area contributed by atoms with E-state index in [-0.39, 0.29) is 24.4 Å². The molecule has 2 aromatic carbocycles. The Kier molecular flexibility index (Phi) is 5.45. The highest BCUT2D eigenvalue weighted by molar-refractivity contribution is 5.85. The summed E-state index contributed by atoms with van der Waals surface area (Å²) in [7, 11) is 0. The SMILES string of the molecule is Cl.Nc1ccc(CC(=O)NC2CCc3ccccc3C2)cc1. The fourth-order valence-corrected chi connectivity index (χ4v) is 2.92. The van der Waals surface area contributed by atoms with E-state index < -0.39 is 0 Å². The Balaban J connectivity index is 0.00000176. The van der Waals surface area contributed by atoms with Crippen LogP contribution in [0.5, 0.6) is 0 Å². The molecule has 116 valence electrons. The molecule has 0 saturated heterocycles. The topological polar surface area (TPSA) is 55.1 Å². The van der Waals surface area contributed by atoms with Crippen molar-refractivity contribution in [2.75, 3.05) is 5.73 Å². The molecule has 22 heavy (non-hydrogen) atoms. The van der Waals surface area contributed by atoms with E-state index in [9.17, 15) is 4.79 Å². The van der Waals surface area contributed by atoms with Crippen molar-refractivity contribution in [1.29, 1.82) is 0 Å². The van der Waals surface area contributed by atoms with Crippen LogP contribution in [0.15, 0.2) is 48.5 Å². The molecule has 0 bridgehead atoms. The van der Waals surface area contributed by atoms with Gasteiger partial charge in [0.1, 0.15) is 0 Å². The van der Waals surface area contributed by atoms with Gasteiger partial charge in [-0.3, -0.25) is 4.79 Å². The molecule has 0 saturated carbocycles. The van der Waals surface area contributed by atoms with E-state index in [1.54, 1.807) is 0 Å². The zero-order chi connectivity index (χ0) is 14.7. The predicted molar refractivity (Wildman–Crippen MR) is 92.2 cm³/mol. The van der Waals surface area contributed by atoms with E-state index in [0.29, 0.717) is 6.42 Å². The van der Waals surface area contributed by atoms with Crippen LogP contribution in [0.1, 0.15) is 23.1 Å². The molecule has 0 heterocycles. The number of fused-ring (bicyclic) bond motifs is 1. The van der Waals surface area contributed by atoms with Gasteiger partial charge in [0, 0.05) is 11.7 Å². The van der Waals surface area contributed by atoms with E-state index in [4.69, 9.17) is 5.73 Å². The largest absolute Gasteiger partial charge is 0.399 e. The molecular weight excluding hydrogens is 296 g/mol. The normalized spacial score (nSPS) is 16.3. The maximum atomic E-state index is 12.1. The molecule has 3 N–H and O–H groups in total. The summed E-state index contributed by atoms with van der Waals surface area (Å²) in [5, 5.41) is 3.15. The second kappa shape index (κ2) is 7.32. The van der Waals surface area contributed by atoms with Crippen LogP contribution in [0.2, 0.25) is 0 Å². The first-order chi connectivity index (χ1) is 10.2. The van der Waals surface area contributed by atoms with Gasteiger partial charge >= 0.3 is 0 Å². The number of carbonyl (C=O) groups excluding carboxylic acids is 1. The van der Waals surface area contributed by atoms with Crippen molar-refractivity contribution in [2.45, 2.75) is 31.7 Å². The van der Waals surface area contributed by atoms with E-state index in [1.807, 2.05) is 24.3 Å². The molecule has 3 rings (SSSR count). The number of halogens is 1. The Bertz CT molecular complexity index is 640. The van der Waals surface area contributed by atoms with E-state index in [1.165, 1.54) is 11.1 Å². The maximum absolute atomic E-state index is 12.1. The zero-order valence-corrected chi connectivity index (χ0v) is 13.2. The third-order valence-corrected chi connectivity index (χ3v) is 4.06. The van der Waals surface area contributed by atoms with Crippen molar-refractivity contribution in [3.63, 3.8) is 0 Å². The fraction of sp³-hybridized carbons (Fsp3) is 0.278. The van der Waals surface area contributed by atoms with E-state index in [0.717, 1.165) is 30.5 Å². The minimum Gasteiger partial charge on any atom is -0.399 e. The first kappa shape index (κ1) is 16.4. The van der Waals surface area contributed by atoms with E-state index >= 15 is 0 Å². The first-order valence-electron chi connectivity index (χ1n) is 7.41. The summed E-state index contributed by atoms with van der Waals surface area (Å²) in [6.45, 7) is 0. The molecule has 0 radical (unpaired) electrons. The Labute approximate surface area is 137 Å². The number of nitrogens with two attached hydrogens (primary N) is 1. The zero-order valence-electron chi connectivity index (χ0n) is 12.4. The minimum atomic E-state index is 0. The van der Waals surface area contributed by atoms with Gasteiger partial charge in [-0.25, -0.2) is 0 Å². The monoisotopic (exact) mass is 316 g/mol. The van der Waals surface area contributed by atoms with Gasteiger partial charge in [0.2, 0.25) is 5.91 Å². The lowest BCUT2D eigenvalue weighted by Crippen LogP contribution is -2.39. The molecule has 4 heteroatoms. The van der Waals surface area contributed by atoms with Gasteiger partial charge in [-0.1, -0.05) is 36.4 Å². The van der Waals surface area contributed by atoms with Crippen molar-refractivity contribution >= 4 is 24.0 Å². The van der Waals surface area contributed by atoms with Gasteiger partial charge < -0.3 is 11.1 Å². The van der Waals surface area contributed by atoms with E-state index in [2.05, 4.69) is 29.6 Å². The van der Waals surface area contributed by atoms with Crippen molar-refractivity contribution < 1.29 is 4.79 Å². The van der Waals surface area contributed by atoms with Crippen LogP contribution >= 0.6 is 12.4 Å². The summed E-state index contributed by atoms with van der Waals surface area (Å²) >= 11 is 0. The van der Waals surface area contributed by atoms with Gasteiger partial charge in [0.15, 0.2) is 0 Å². The third-order valence-electron chi connectivity index (χ3n) is 4.06. The molecule has 1 aliphatic rings. The highest BCUT2D eigenvalue weighted by Gasteiger charge is 2.19. The smallest absolute Gasteiger partial charge is 0.224 e. The fourth-order valence-electron chi connectivity index (χ4n) is 2.92. The lowest BCUT2D eigenvalue weighted by atomic mass is 9.88. The second-order valence-corrected chi connectivity index (χ2v) is 5.69. The quantitative estimate of drug-likeness (QED) is 0.855. The van der Waals surface area contributed by atoms with Gasteiger partial charge in [-0.15, -0.1) is 12.4 Å². The van der Waals surface area contributed by atoms with Crippen LogP contribution in [-0.4, -0.2) is 11.9 Å². The molecular formula is C18H21ClN2O. The summed E-state index contributed by atoms with van der Waals surface area (Å²) < 4.78 is 0. The van der Waals surface area contributed by atoms with Crippen LogP contribution in [0, 0.1) is 0 Å². The Morgan fingerprint density at radius 3 is 2.50 bits per heavy atom. The molecule has 2 aromatic rings. The lowest BCUT2D eigenvalue weighted by molar-refractivity contribution is -0.121. The average molecular weight is 317 g/mol. The second-order valence-electron chi connectivity index (χ2n) is 5.69. The number of nitrogen functional groups attached to an aromatic ring is 1. The van der Waals surface area contributed by atoms with Crippen LogP contribution in [0.4, 0.5) is 5.69 Å². The highest BCUT2D eigenvalue weighted by atomic mass is 35.5. The van der Waals surface area contributed by atoms with Crippen molar-refractivity contribution in [3.05, 3.63) is 65.2 Å². The summed E-state index contributed by atoms with van der Waals surface area (Å²) in [6.07, 6.45) is 3.41. The summed E-state index contributed by atoms with van der Waals surface area (Å²) in [6, 6.07) is 16.2.